The lowest BCUT2D eigenvalue weighted by Crippen LogP contribution is -2.66. The van der Waals surface area contributed by atoms with E-state index in [0.29, 0.717) is 0 Å². The normalized spacial score (nSPS) is 53.2. The molecule has 0 aromatic carbocycles. The van der Waals surface area contributed by atoms with E-state index in [9.17, 15) is 81.7 Å². The molecule has 1 unspecified atom stereocenters. The van der Waals surface area contributed by atoms with Crippen molar-refractivity contribution in [1.29, 1.82) is 0 Å². The summed E-state index contributed by atoms with van der Waals surface area (Å²) in [7, 11) is 0. The quantitative estimate of drug-likeness (QED) is 0.0819. The van der Waals surface area contributed by atoms with Crippen LogP contribution in [0.4, 0.5) is 0 Å². The first-order chi connectivity index (χ1) is 26.4. The van der Waals surface area contributed by atoms with Gasteiger partial charge in [0, 0.05) is 5.92 Å². The molecule has 0 spiro atoms. The summed E-state index contributed by atoms with van der Waals surface area (Å²) in [4.78, 5) is 0. The third kappa shape index (κ3) is 9.47. The van der Waals surface area contributed by atoms with Crippen LogP contribution in [0.15, 0.2) is 0 Å². The Morgan fingerprint density at radius 1 is 0.357 bits per heavy atom. The fourth-order valence-corrected chi connectivity index (χ4v) is 6.97. The van der Waals surface area contributed by atoms with Crippen LogP contribution in [0.25, 0.3) is 0 Å². The van der Waals surface area contributed by atoms with Gasteiger partial charge in [-0.1, -0.05) is 6.92 Å². The smallest absolute Gasteiger partial charge is 0.187 e. The molecule has 5 heterocycles. The van der Waals surface area contributed by atoms with Crippen molar-refractivity contribution in [2.24, 2.45) is 5.92 Å². The standard InChI is InChI=1S/C31H54O25/c1-7-13(35)25(10(4-34)50-27(7)47)55-31-23(45)19(41)16(38)11(53-31)5-48-29-24(46)20(42)26(56-30-22(44)18(40)15(37)9(3-33)52-30)12(54-29)6-49-28-21(43)17(39)14(36)8(2-32)51-28/h7-47H,2-6H2,1H3/t7-,8-,9-,10-,11-,12-,13-,14-,15-,16-,17+,18+,19+,20-,21-,22-,23-,24-,25-,26-,27+,28+,29+,30?,31-/m1/s1. The SMILES string of the molecule is C[C@@H]1[C@@H](O)[C@H](O[C@H]2O[C@H](CO[C@H]3O[C@H](CO[C@H]4O[C@H](CO)[C@@H](O)[C@H](O)[C@H]4O)[C@@H](OC4O[C@H](CO)[C@@H](O)[C@H](O)[C@H]4O)[C@H](O)[C@H]3O)[C@@H](O)[C@H](O)[C@H]2O)[C@@H](CO)O[C@@H]1O. The third-order valence-corrected chi connectivity index (χ3v) is 10.6. The Kier molecular flexibility index (Phi) is 16.1. The molecular weight excluding hydrogens is 772 g/mol. The summed E-state index contributed by atoms with van der Waals surface area (Å²) in [5, 5.41) is 166. The minimum Gasteiger partial charge on any atom is -0.394 e. The molecule has 0 radical (unpaired) electrons. The van der Waals surface area contributed by atoms with Crippen molar-refractivity contribution in [1.82, 2.24) is 0 Å². The molecule has 0 saturated carbocycles. The molecule has 16 N–H and O–H groups in total. The van der Waals surface area contributed by atoms with E-state index in [2.05, 4.69) is 0 Å². The van der Waals surface area contributed by atoms with Gasteiger partial charge in [0.15, 0.2) is 31.5 Å². The van der Waals surface area contributed by atoms with Crippen molar-refractivity contribution in [3.8, 4) is 0 Å². The highest BCUT2D eigenvalue weighted by molar-refractivity contribution is 4.97. The maximum Gasteiger partial charge on any atom is 0.187 e. The van der Waals surface area contributed by atoms with E-state index in [1.807, 2.05) is 0 Å². The second kappa shape index (κ2) is 19.6. The van der Waals surface area contributed by atoms with E-state index in [1.165, 1.54) is 6.92 Å². The zero-order chi connectivity index (χ0) is 41.3. The minimum absolute atomic E-state index is 0.742. The highest BCUT2D eigenvalue weighted by atomic mass is 16.8. The van der Waals surface area contributed by atoms with E-state index >= 15 is 0 Å². The molecule has 5 fully saturated rings. The van der Waals surface area contributed by atoms with Crippen molar-refractivity contribution in [2.45, 2.75) is 154 Å². The fourth-order valence-electron chi connectivity index (χ4n) is 6.97. The molecule has 5 aliphatic rings. The summed E-state index contributed by atoms with van der Waals surface area (Å²) in [6.45, 7) is -2.53. The predicted molar refractivity (Wildman–Crippen MR) is 170 cm³/mol. The van der Waals surface area contributed by atoms with Gasteiger partial charge in [0.25, 0.3) is 0 Å². The third-order valence-electron chi connectivity index (χ3n) is 10.6. The van der Waals surface area contributed by atoms with Gasteiger partial charge < -0.3 is 124 Å². The average Bonchev–Trinajstić information content (AvgIpc) is 3.18. The summed E-state index contributed by atoms with van der Waals surface area (Å²) in [5.41, 5.74) is 0. The van der Waals surface area contributed by atoms with Crippen LogP contribution in [0.2, 0.25) is 0 Å². The largest absolute Gasteiger partial charge is 0.394 e. The Bertz CT molecular complexity index is 1200. The topological polar surface area (TPSA) is 407 Å². The summed E-state index contributed by atoms with van der Waals surface area (Å²) in [5.74, 6) is -0.930. The predicted octanol–water partition coefficient (Wildman–Crippen LogP) is -10.6. The Balaban J connectivity index is 1.31. The highest BCUT2D eigenvalue weighted by Gasteiger charge is 2.54. The molecule has 0 aromatic rings. The molecule has 25 nitrogen and oxygen atoms in total. The van der Waals surface area contributed by atoms with E-state index in [0.717, 1.165) is 0 Å². The summed E-state index contributed by atoms with van der Waals surface area (Å²) >= 11 is 0. The summed E-state index contributed by atoms with van der Waals surface area (Å²) in [6.07, 6.45) is -41.9. The zero-order valence-electron chi connectivity index (χ0n) is 29.8. The maximum absolute atomic E-state index is 11.3. The van der Waals surface area contributed by atoms with Crippen LogP contribution >= 0.6 is 0 Å². The molecule has 56 heavy (non-hydrogen) atoms. The zero-order valence-corrected chi connectivity index (χ0v) is 29.8. The lowest BCUT2D eigenvalue weighted by molar-refractivity contribution is -0.375. The van der Waals surface area contributed by atoms with Crippen LogP contribution in [0.5, 0.6) is 0 Å². The van der Waals surface area contributed by atoms with Crippen LogP contribution < -0.4 is 0 Å². The van der Waals surface area contributed by atoms with Gasteiger partial charge in [0.05, 0.1) is 39.1 Å². The van der Waals surface area contributed by atoms with Gasteiger partial charge in [0.1, 0.15) is 110 Å². The lowest BCUT2D eigenvalue weighted by Gasteiger charge is -2.47. The van der Waals surface area contributed by atoms with Gasteiger partial charge in [-0.05, 0) is 0 Å². The van der Waals surface area contributed by atoms with Crippen molar-refractivity contribution >= 4 is 0 Å². The van der Waals surface area contributed by atoms with E-state index in [1.54, 1.807) is 0 Å². The van der Waals surface area contributed by atoms with Gasteiger partial charge in [0.2, 0.25) is 0 Å². The number of rotatable bonds is 13. The number of hydrogen-bond acceptors (Lipinski definition) is 25. The van der Waals surface area contributed by atoms with Crippen molar-refractivity contribution in [3.05, 3.63) is 0 Å². The fraction of sp³-hybridized carbons (Fsp3) is 1.00. The Hall–Kier alpha value is -1.00. The van der Waals surface area contributed by atoms with Crippen LogP contribution in [0.1, 0.15) is 6.92 Å². The van der Waals surface area contributed by atoms with Crippen LogP contribution in [-0.4, -0.2) is 262 Å². The first-order valence-corrected chi connectivity index (χ1v) is 17.9. The van der Waals surface area contributed by atoms with Crippen molar-refractivity contribution < 1.29 is 124 Å². The summed E-state index contributed by atoms with van der Waals surface area (Å²) < 4.78 is 49.9. The molecule has 0 aliphatic carbocycles. The van der Waals surface area contributed by atoms with Crippen LogP contribution in [0.3, 0.4) is 0 Å². The van der Waals surface area contributed by atoms with Gasteiger partial charge in [-0.25, -0.2) is 0 Å². The number of hydrogen-bond donors (Lipinski definition) is 16. The van der Waals surface area contributed by atoms with Gasteiger partial charge in [-0.2, -0.15) is 0 Å². The van der Waals surface area contributed by atoms with Crippen molar-refractivity contribution in [3.63, 3.8) is 0 Å². The average molecular weight is 827 g/mol. The number of ether oxygens (including phenoxy) is 9. The van der Waals surface area contributed by atoms with Gasteiger partial charge in [-0.3, -0.25) is 0 Å². The Morgan fingerprint density at radius 3 is 1.20 bits per heavy atom. The van der Waals surface area contributed by atoms with E-state index in [4.69, 9.17) is 42.6 Å². The minimum atomic E-state index is -2.05. The second-order valence-corrected chi connectivity index (χ2v) is 14.4. The maximum atomic E-state index is 11.3. The number of aliphatic hydroxyl groups excluding tert-OH is 16. The Morgan fingerprint density at radius 2 is 0.714 bits per heavy atom. The molecule has 25 atom stereocenters. The summed E-state index contributed by atoms with van der Waals surface area (Å²) in [6, 6.07) is 0. The van der Waals surface area contributed by atoms with Crippen molar-refractivity contribution in [2.75, 3.05) is 33.0 Å². The molecule has 0 bridgehead atoms. The van der Waals surface area contributed by atoms with Crippen LogP contribution in [-0.2, 0) is 42.6 Å². The lowest BCUT2D eigenvalue weighted by atomic mass is 9.92. The molecule has 0 aromatic heterocycles. The molecule has 0 amide bonds. The molecule has 25 heteroatoms. The first-order valence-electron chi connectivity index (χ1n) is 17.9. The van der Waals surface area contributed by atoms with E-state index in [-0.39, 0.29) is 0 Å². The second-order valence-electron chi connectivity index (χ2n) is 14.4. The van der Waals surface area contributed by atoms with E-state index < -0.39 is 186 Å². The molecule has 328 valence electrons. The monoisotopic (exact) mass is 826 g/mol. The highest BCUT2D eigenvalue weighted by Crippen LogP contribution is 2.34. The molecular formula is C31H54O25. The molecule has 5 saturated heterocycles. The molecule has 5 rings (SSSR count). The van der Waals surface area contributed by atoms with Gasteiger partial charge in [-0.15, -0.1) is 0 Å². The first kappa shape index (κ1) is 46.1. The van der Waals surface area contributed by atoms with Gasteiger partial charge >= 0.3 is 0 Å². The number of aliphatic hydroxyl groups is 16. The molecule has 5 aliphatic heterocycles. The van der Waals surface area contributed by atoms with Crippen LogP contribution in [0, 0.1) is 5.92 Å². The Labute approximate surface area is 317 Å².